The van der Waals surface area contributed by atoms with Gasteiger partial charge in [-0.1, -0.05) is 69.6 Å². The van der Waals surface area contributed by atoms with Gasteiger partial charge in [0.2, 0.25) is 7.59 Å². The maximum absolute atomic E-state index is 12.6. The Hall–Kier alpha value is -1.35. The zero-order chi connectivity index (χ0) is 23.9. The smallest absolute Gasteiger partial charge is 0.318 e. The summed E-state index contributed by atoms with van der Waals surface area (Å²) in [5, 5.41) is 10.9. The van der Waals surface area contributed by atoms with Gasteiger partial charge in [0.25, 0.3) is 0 Å². The highest BCUT2D eigenvalue weighted by molar-refractivity contribution is 6.68. The number of nitrogens with one attached hydrogen (secondary N) is 4. The molecule has 0 saturated carbocycles. The van der Waals surface area contributed by atoms with Crippen LogP contribution in [-0.4, -0.2) is 40.2 Å². The number of amides is 2. The standard InChI is InChI=1S/C19H20Cl6N4O3/c1-31-13-7-3-11(4-8-13)26-15(18(20,21)22)28-17(30)29-16(19(23,24)25)27-12-5-9-14(32-2)10-6-12/h3-10,15-16,26-27H,1-2H3,(H2,28,29,30)/t15-,16+. The molecule has 2 atom stereocenters. The molecule has 2 amide bonds. The zero-order valence-electron chi connectivity index (χ0n) is 16.8. The van der Waals surface area contributed by atoms with Crippen LogP contribution in [0.5, 0.6) is 11.5 Å². The lowest BCUT2D eigenvalue weighted by Gasteiger charge is -2.31. The lowest BCUT2D eigenvalue weighted by atomic mass is 10.3. The fourth-order valence-corrected chi connectivity index (χ4v) is 3.07. The van der Waals surface area contributed by atoms with E-state index in [1.165, 1.54) is 0 Å². The van der Waals surface area contributed by atoms with Crippen molar-refractivity contribution in [3.05, 3.63) is 48.5 Å². The van der Waals surface area contributed by atoms with Crippen LogP contribution in [0.2, 0.25) is 0 Å². The maximum Gasteiger partial charge on any atom is 0.318 e. The Labute approximate surface area is 215 Å². The number of hydrogen-bond acceptors (Lipinski definition) is 5. The number of benzene rings is 2. The van der Waals surface area contributed by atoms with E-state index in [0.717, 1.165) is 0 Å². The molecule has 0 radical (unpaired) electrons. The minimum atomic E-state index is -1.91. The normalized spacial score (nSPS) is 13.5. The summed E-state index contributed by atoms with van der Waals surface area (Å²) in [7, 11) is 3.08. The summed E-state index contributed by atoms with van der Waals surface area (Å²) in [6, 6.07) is 12.8. The van der Waals surface area contributed by atoms with Crippen LogP contribution in [0.15, 0.2) is 48.5 Å². The van der Waals surface area contributed by atoms with Gasteiger partial charge in [0.15, 0.2) is 0 Å². The van der Waals surface area contributed by atoms with Crippen LogP contribution in [0, 0.1) is 0 Å². The van der Waals surface area contributed by atoms with Crippen LogP contribution in [-0.2, 0) is 0 Å². The van der Waals surface area contributed by atoms with Crippen molar-refractivity contribution in [2.24, 2.45) is 0 Å². The Morgan fingerprint density at radius 3 is 1.25 bits per heavy atom. The van der Waals surface area contributed by atoms with Crippen molar-refractivity contribution in [2.75, 3.05) is 24.9 Å². The molecular weight excluding hydrogens is 545 g/mol. The molecule has 0 saturated heterocycles. The van der Waals surface area contributed by atoms with Crippen molar-refractivity contribution >= 4 is 87.0 Å². The molecule has 32 heavy (non-hydrogen) atoms. The van der Waals surface area contributed by atoms with Gasteiger partial charge in [-0.25, -0.2) is 4.79 Å². The molecule has 2 aromatic rings. The van der Waals surface area contributed by atoms with Gasteiger partial charge in [0.1, 0.15) is 23.8 Å². The van der Waals surface area contributed by atoms with Gasteiger partial charge < -0.3 is 30.7 Å². The van der Waals surface area contributed by atoms with E-state index in [2.05, 4.69) is 21.3 Å². The van der Waals surface area contributed by atoms with Crippen LogP contribution in [0.25, 0.3) is 0 Å². The van der Waals surface area contributed by atoms with Crippen LogP contribution in [0.1, 0.15) is 0 Å². The van der Waals surface area contributed by atoms with Crippen LogP contribution in [0.3, 0.4) is 0 Å². The third-order valence-electron chi connectivity index (χ3n) is 4.01. The van der Waals surface area contributed by atoms with Crippen molar-refractivity contribution < 1.29 is 14.3 Å². The molecule has 176 valence electrons. The predicted molar refractivity (Wildman–Crippen MR) is 133 cm³/mol. The molecule has 0 fully saturated rings. The summed E-state index contributed by atoms with van der Waals surface area (Å²) in [5.41, 5.74) is 1.13. The second kappa shape index (κ2) is 11.7. The number of hydrogen-bond donors (Lipinski definition) is 4. The quantitative estimate of drug-likeness (QED) is 0.236. The fraction of sp³-hybridized carbons (Fsp3) is 0.316. The number of halogens is 6. The molecule has 0 aliphatic rings. The van der Waals surface area contributed by atoms with Gasteiger partial charge in [-0.05, 0) is 48.5 Å². The average molecular weight is 565 g/mol. The number of methoxy groups -OCH3 is 2. The van der Waals surface area contributed by atoms with E-state index in [9.17, 15) is 4.79 Å². The summed E-state index contributed by atoms with van der Waals surface area (Å²) in [4.78, 5) is 12.6. The van der Waals surface area contributed by atoms with Gasteiger partial charge >= 0.3 is 6.03 Å². The molecule has 0 aliphatic carbocycles. The van der Waals surface area contributed by atoms with Crippen molar-refractivity contribution in [3.8, 4) is 11.5 Å². The zero-order valence-corrected chi connectivity index (χ0v) is 21.3. The highest BCUT2D eigenvalue weighted by atomic mass is 35.6. The van der Waals surface area contributed by atoms with Crippen molar-refractivity contribution in [3.63, 3.8) is 0 Å². The maximum atomic E-state index is 12.6. The van der Waals surface area contributed by atoms with E-state index in [1.807, 2.05) is 0 Å². The molecule has 0 spiro atoms. The number of anilines is 2. The van der Waals surface area contributed by atoms with Crippen LogP contribution in [0.4, 0.5) is 16.2 Å². The summed E-state index contributed by atoms with van der Waals surface area (Å²) in [6.07, 6.45) is -2.25. The first-order valence-electron chi connectivity index (χ1n) is 8.94. The number of carbonyl (C=O) groups excluding carboxylic acids is 1. The van der Waals surface area contributed by atoms with Crippen molar-refractivity contribution in [1.29, 1.82) is 0 Å². The number of carbonyl (C=O) groups is 1. The Balaban J connectivity index is 2.09. The summed E-state index contributed by atoms with van der Waals surface area (Å²) < 4.78 is 6.40. The van der Waals surface area contributed by atoms with E-state index < -0.39 is 25.9 Å². The fourth-order valence-electron chi connectivity index (χ4n) is 2.41. The molecule has 2 aromatic carbocycles. The Bertz CT molecular complexity index is 801. The molecule has 7 nitrogen and oxygen atoms in total. The van der Waals surface area contributed by atoms with E-state index in [1.54, 1.807) is 62.8 Å². The minimum Gasteiger partial charge on any atom is -0.497 e. The van der Waals surface area contributed by atoms with Gasteiger partial charge in [-0.15, -0.1) is 0 Å². The van der Waals surface area contributed by atoms with E-state index in [4.69, 9.17) is 79.1 Å². The van der Waals surface area contributed by atoms with Gasteiger partial charge in [0.05, 0.1) is 14.2 Å². The average Bonchev–Trinajstić information content (AvgIpc) is 2.72. The molecular formula is C19H20Cl6N4O3. The summed E-state index contributed by atoms with van der Waals surface area (Å²) in [5.74, 6) is 1.28. The SMILES string of the molecule is COc1ccc(N[C@@H](NC(=O)N[C@@H](Nc2ccc(OC)cc2)C(Cl)(Cl)Cl)C(Cl)(Cl)Cl)cc1. The minimum absolute atomic E-state index is 0.566. The summed E-state index contributed by atoms with van der Waals surface area (Å²) in [6.45, 7) is 0. The number of urea groups is 1. The molecule has 0 unspecified atom stereocenters. The first-order chi connectivity index (χ1) is 14.9. The third kappa shape index (κ3) is 8.54. The molecule has 0 aliphatic heterocycles. The second-order valence-corrected chi connectivity index (χ2v) is 11.1. The highest BCUT2D eigenvalue weighted by Gasteiger charge is 2.37. The lowest BCUT2D eigenvalue weighted by Crippen LogP contribution is -2.57. The van der Waals surface area contributed by atoms with E-state index in [-0.39, 0.29) is 0 Å². The Kier molecular flexibility index (Phi) is 9.82. The lowest BCUT2D eigenvalue weighted by molar-refractivity contribution is 0.235. The predicted octanol–water partition coefficient (Wildman–Crippen LogP) is 5.92. The largest absolute Gasteiger partial charge is 0.497 e. The molecule has 0 aromatic heterocycles. The van der Waals surface area contributed by atoms with Crippen molar-refractivity contribution in [2.45, 2.75) is 19.9 Å². The number of rotatable bonds is 8. The molecule has 0 bridgehead atoms. The second-order valence-electron chi connectivity index (χ2n) is 6.31. The Morgan fingerprint density at radius 1 is 0.688 bits per heavy atom. The number of ether oxygens (including phenoxy) is 2. The first-order valence-corrected chi connectivity index (χ1v) is 11.2. The van der Waals surface area contributed by atoms with Gasteiger partial charge in [-0.3, -0.25) is 0 Å². The molecule has 2 rings (SSSR count). The topological polar surface area (TPSA) is 83.7 Å². The Morgan fingerprint density at radius 2 is 1.00 bits per heavy atom. The molecule has 4 N–H and O–H groups in total. The first kappa shape index (κ1) is 26.9. The van der Waals surface area contributed by atoms with Crippen molar-refractivity contribution in [1.82, 2.24) is 10.6 Å². The summed E-state index contributed by atoms with van der Waals surface area (Å²) >= 11 is 36.2. The highest BCUT2D eigenvalue weighted by Crippen LogP contribution is 2.33. The monoisotopic (exact) mass is 562 g/mol. The van der Waals surface area contributed by atoms with Gasteiger partial charge in [-0.2, -0.15) is 0 Å². The molecule has 0 heterocycles. The van der Waals surface area contributed by atoms with Crippen LogP contribution < -0.4 is 30.7 Å². The van der Waals surface area contributed by atoms with E-state index in [0.29, 0.717) is 22.9 Å². The van der Waals surface area contributed by atoms with Gasteiger partial charge in [0, 0.05) is 11.4 Å². The van der Waals surface area contributed by atoms with E-state index >= 15 is 0 Å². The van der Waals surface area contributed by atoms with Crippen LogP contribution >= 0.6 is 69.6 Å². The third-order valence-corrected chi connectivity index (χ3v) is 5.32. The number of alkyl halides is 6. The molecule has 13 heteroatoms.